The summed E-state index contributed by atoms with van der Waals surface area (Å²) in [7, 11) is 0. The smallest absolute Gasteiger partial charge is 0.274 e. The van der Waals surface area contributed by atoms with E-state index in [2.05, 4.69) is 9.97 Å². The van der Waals surface area contributed by atoms with Crippen LogP contribution in [0.25, 0.3) is 5.65 Å². The Balaban J connectivity index is 1.28. The third-order valence-corrected chi connectivity index (χ3v) is 6.85. The van der Waals surface area contributed by atoms with Crippen LogP contribution in [0.5, 0.6) is 0 Å². The molecular formula is C24H27N5O3. The molecule has 8 nitrogen and oxygen atoms in total. The zero-order chi connectivity index (χ0) is 22.3. The molecule has 2 aliphatic heterocycles. The number of fused-ring (bicyclic) bond motifs is 1. The molecule has 0 radical (unpaired) electrons. The lowest BCUT2D eigenvalue weighted by Crippen LogP contribution is -2.55. The molecule has 2 aliphatic rings. The number of rotatable bonds is 2. The number of nitrogens with zero attached hydrogens (tertiary/aromatic N) is 5. The van der Waals surface area contributed by atoms with Crippen molar-refractivity contribution >= 4 is 17.5 Å². The van der Waals surface area contributed by atoms with Gasteiger partial charge in [0.05, 0.1) is 11.7 Å². The van der Waals surface area contributed by atoms with E-state index in [0.29, 0.717) is 43.9 Å². The van der Waals surface area contributed by atoms with Crippen molar-refractivity contribution < 1.29 is 14.7 Å². The van der Waals surface area contributed by atoms with Crippen molar-refractivity contribution in [2.24, 2.45) is 5.41 Å². The molecule has 3 aromatic heterocycles. The molecule has 0 saturated carbocycles. The van der Waals surface area contributed by atoms with Crippen molar-refractivity contribution in [2.45, 2.75) is 32.3 Å². The number of carbonyl (C=O) groups excluding carboxylic acids is 2. The first-order valence-electron chi connectivity index (χ1n) is 11.1. The summed E-state index contributed by atoms with van der Waals surface area (Å²) in [6.07, 6.45) is 6.59. The summed E-state index contributed by atoms with van der Waals surface area (Å²) in [4.78, 5) is 38.2. The molecule has 1 atom stereocenters. The Morgan fingerprint density at radius 3 is 2.62 bits per heavy atom. The van der Waals surface area contributed by atoms with Gasteiger partial charge in [-0.3, -0.25) is 14.6 Å². The monoisotopic (exact) mass is 433 g/mol. The van der Waals surface area contributed by atoms with Crippen LogP contribution in [0, 0.1) is 12.3 Å². The van der Waals surface area contributed by atoms with Crippen LogP contribution in [0.3, 0.4) is 0 Å². The van der Waals surface area contributed by atoms with Crippen LogP contribution in [0.1, 0.15) is 45.8 Å². The zero-order valence-electron chi connectivity index (χ0n) is 18.1. The minimum absolute atomic E-state index is 0.0670. The molecule has 2 fully saturated rings. The highest BCUT2D eigenvalue weighted by Gasteiger charge is 2.43. The van der Waals surface area contributed by atoms with Crippen LogP contribution in [-0.2, 0) is 0 Å². The predicted octanol–water partition coefficient (Wildman–Crippen LogP) is 2.17. The highest BCUT2D eigenvalue weighted by molar-refractivity contribution is 5.94. The third kappa shape index (κ3) is 3.75. The minimum atomic E-state index is -0.562. The van der Waals surface area contributed by atoms with Crippen LogP contribution in [0.15, 0.2) is 48.9 Å². The Hall–Kier alpha value is -3.26. The van der Waals surface area contributed by atoms with E-state index in [1.165, 1.54) is 0 Å². The number of likely N-dealkylation sites (tertiary alicyclic amines) is 2. The molecule has 1 spiro atoms. The van der Waals surface area contributed by atoms with E-state index in [0.717, 1.165) is 24.2 Å². The number of hydrogen-bond donors (Lipinski definition) is 1. The van der Waals surface area contributed by atoms with E-state index in [-0.39, 0.29) is 17.2 Å². The first-order valence-corrected chi connectivity index (χ1v) is 11.1. The number of aliphatic hydroxyl groups is 1. The molecule has 3 aromatic rings. The zero-order valence-corrected chi connectivity index (χ0v) is 18.1. The maximum atomic E-state index is 13.1. The molecule has 166 valence electrons. The normalized spacial score (nSPS) is 20.6. The number of imidazole rings is 1. The van der Waals surface area contributed by atoms with Crippen molar-refractivity contribution in [1.82, 2.24) is 24.2 Å². The Labute approximate surface area is 186 Å². The van der Waals surface area contributed by atoms with Crippen molar-refractivity contribution in [1.29, 1.82) is 0 Å². The molecule has 5 rings (SSSR count). The van der Waals surface area contributed by atoms with Gasteiger partial charge in [0.1, 0.15) is 11.3 Å². The van der Waals surface area contributed by atoms with E-state index < -0.39 is 6.10 Å². The first-order chi connectivity index (χ1) is 15.4. The number of β-amino-alcohol motifs (C(OH)–C–C–N with tert-alkyl or cyclic N) is 1. The van der Waals surface area contributed by atoms with E-state index in [1.807, 2.05) is 34.4 Å². The van der Waals surface area contributed by atoms with Crippen molar-refractivity contribution in [2.75, 3.05) is 26.2 Å². The highest BCUT2D eigenvalue weighted by Crippen LogP contribution is 2.40. The number of amides is 2. The largest absolute Gasteiger partial charge is 0.391 e. The number of pyridine rings is 2. The minimum Gasteiger partial charge on any atom is -0.391 e. The van der Waals surface area contributed by atoms with Gasteiger partial charge < -0.3 is 19.3 Å². The molecule has 0 bridgehead atoms. The van der Waals surface area contributed by atoms with Gasteiger partial charge in [-0.15, -0.1) is 0 Å². The van der Waals surface area contributed by atoms with Gasteiger partial charge >= 0.3 is 0 Å². The van der Waals surface area contributed by atoms with E-state index in [9.17, 15) is 14.7 Å². The van der Waals surface area contributed by atoms with Gasteiger partial charge in [0.15, 0.2) is 0 Å². The summed E-state index contributed by atoms with van der Waals surface area (Å²) in [5.41, 5.74) is 2.60. The number of carbonyl (C=O) groups is 2. The van der Waals surface area contributed by atoms with Gasteiger partial charge in [0.2, 0.25) is 0 Å². The van der Waals surface area contributed by atoms with E-state index in [4.69, 9.17) is 0 Å². The highest BCUT2D eigenvalue weighted by atomic mass is 16.3. The van der Waals surface area contributed by atoms with Gasteiger partial charge in [-0.1, -0.05) is 6.07 Å². The third-order valence-electron chi connectivity index (χ3n) is 6.85. The second-order valence-corrected chi connectivity index (χ2v) is 9.10. The fraction of sp³-hybridized carbons (Fsp3) is 0.417. The van der Waals surface area contributed by atoms with Gasteiger partial charge in [0, 0.05) is 50.5 Å². The average molecular weight is 434 g/mol. The van der Waals surface area contributed by atoms with Crippen LogP contribution < -0.4 is 0 Å². The van der Waals surface area contributed by atoms with Crippen molar-refractivity contribution in [3.63, 3.8) is 0 Å². The Morgan fingerprint density at radius 1 is 1.09 bits per heavy atom. The number of aryl methyl sites for hydroxylation is 1. The van der Waals surface area contributed by atoms with Crippen LogP contribution in [-0.4, -0.2) is 73.4 Å². The number of aliphatic hydroxyl groups excluding tert-OH is 1. The number of aromatic nitrogens is 3. The molecule has 2 saturated heterocycles. The maximum absolute atomic E-state index is 13.1. The van der Waals surface area contributed by atoms with Crippen LogP contribution in [0.4, 0.5) is 0 Å². The summed E-state index contributed by atoms with van der Waals surface area (Å²) in [5.74, 6) is -0.169. The van der Waals surface area contributed by atoms with Gasteiger partial charge in [0.25, 0.3) is 11.8 Å². The SMILES string of the molecule is Cc1cccc2nc(C(=O)N3CCC4(CC3)CC(O)CN(C(=O)c3cccnc3)C4)cn12. The molecule has 1 unspecified atom stereocenters. The van der Waals surface area contributed by atoms with E-state index >= 15 is 0 Å². The Morgan fingerprint density at radius 2 is 1.91 bits per heavy atom. The number of piperidine rings is 2. The molecule has 5 heterocycles. The molecule has 32 heavy (non-hydrogen) atoms. The maximum Gasteiger partial charge on any atom is 0.274 e. The second kappa shape index (κ2) is 8.02. The average Bonchev–Trinajstić information content (AvgIpc) is 3.25. The summed E-state index contributed by atoms with van der Waals surface area (Å²) >= 11 is 0. The summed E-state index contributed by atoms with van der Waals surface area (Å²) in [6, 6.07) is 9.31. The van der Waals surface area contributed by atoms with Crippen LogP contribution >= 0.6 is 0 Å². The van der Waals surface area contributed by atoms with E-state index in [1.54, 1.807) is 35.6 Å². The Bertz CT molecular complexity index is 1150. The second-order valence-electron chi connectivity index (χ2n) is 9.10. The summed E-state index contributed by atoms with van der Waals surface area (Å²) < 4.78 is 1.93. The van der Waals surface area contributed by atoms with Gasteiger partial charge in [-0.25, -0.2) is 4.98 Å². The lowest BCUT2D eigenvalue weighted by atomic mass is 9.71. The first kappa shape index (κ1) is 20.6. The topological polar surface area (TPSA) is 91.0 Å². The quantitative estimate of drug-likeness (QED) is 0.669. The standard InChI is InChI=1S/C24H27N5O3/c1-17-4-2-6-21-26-20(15-29(17)21)23(32)27-10-7-24(8-11-27)12-19(30)14-28(16-24)22(31)18-5-3-9-25-13-18/h2-6,9,13,15,19,30H,7-8,10-12,14,16H2,1H3. The fourth-order valence-corrected chi connectivity index (χ4v) is 5.14. The predicted molar refractivity (Wildman–Crippen MR) is 118 cm³/mol. The molecule has 8 heteroatoms. The lowest BCUT2D eigenvalue weighted by Gasteiger charge is -2.49. The van der Waals surface area contributed by atoms with Gasteiger partial charge in [-0.2, -0.15) is 0 Å². The summed E-state index contributed by atoms with van der Waals surface area (Å²) in [6.45, 7) is 4.09. The number of hydrogen-bond acceptors (Lipinski definition) is 5. The lowest BCUT2D eigenvalue weighted by molar-refractivity contribution is -0.0300. The summed E-state index contributed by atoms with van der Waals surface area (Å²) in [5, 5.41) is 10.5. The van der Waals surface area contributed by atoms with Crippen LogP contribution in [0.2, 0.25) is 0 Å². The van der Waals surface area contributed by atoms with Gasteiger partial charge in [-0.05, 0) is 55.9 Å². The molecule has 2 amide bonds. The molecular weight excluding hydrogens is 406 g/mol. The van der Waals surface area contributed by atoms with Crippen molar-refractivity contribution in [3.8, 4) is 0 Å². The molecule has 0 aliphatic carbocycles. The molecule has 1 N–H and O–H groups in total. The van der Waals surface area contributed by atoms with Crippen molar-refractivity contribution in [3.05, 3.63) is 65.9 Å². The Kier molecular flexibility index (Phi) is 5.17. The fourth-order valence-electron chi connectivity index (χ4n) is 5.14. The molecule has 0 aromatic carbocycles.